The molecule has 150 valence electrons. The second kappa shape index (κ2) is 9.42. The lowest BCUT2D eigenvalue weighted by atomic mass is 10.1. The number of benzene rings is 2. The Balaban J connectivity index is 1.47. The normalized spacial score (nSPS) is 10.7. The first-order chi connectivity index (χ1) is 13.9. The summed E-state index contributed by atoms with van der Waals surface area (Å²) in [5, 5.41) is 5.70. The van der Waals surface area contributed by atoms with Crippen molar-refractivity contribution in [3.8, 4) is 0 Å². The summed E-state index contributed by atoms with van der Waals surface area (Å²) in [4.78, 5) is 40.6. The summed E-state index contributed by atoms with van der Waals surface area (Å²) < 4.78 is 15.1. The molecule has 2 N–H and O–H groups in total. The molecule has 3 rings (SSSR count). The van der Waals surface area contributed by atoms with Gasteiger partial charge in [-0.3, -0.25) is 19.0 Å². The highest BCUT2D eigenvalue weighted by atomic mass is 79.9. The number of amides is 2. The summed E-state index contributed by atoms with van der Waals surface area (Å²) in [6.07, 6.45) is 1.39. The third-order valence-electron chi connectivity index (χ3n) is 4.12. The number of hydrogen-bond acceptors (Lipinski definition) is 4. The predicted molar refractivity (Wildman–Crippen MR) is 110 cm³/mol. The molecule has 2 aromatic carbocycles. The smallest absolute Gasteiger partial charge is 0.261 e. The van der Waals surface area contributed by atoms with E-state index in [0.717, 1.165) is 4.47 Å². The van der Waals surface area contributed by atoms with E-state index in [1.807, 2.05) is 0 Å². The largest absolute Gasteiger partial charge is 0.354 e. The first-order valence-corrected chi connectivity index (χ1v) is 9.64. The van der Waals surface area contributed by atoms with Crippen molar-refractivity contribution in [3.05, 3.63) is 75.0 Å². The zero-order valence-corrected chi connectivity index (χ0v) is 16.9. The maximum atomic E-state index is 13.1. The van der Waals surface area contributed by atoms with Gasteiger partial charge in [0.25, 0.3) is 5.56 Å². The second-order valence-electron chi connectivity index (χ2n) is 6.35. The molecule has 2 amide bonds. The average molecular weight is 461 g/mol. The lowest BCUT2D eigenvalue weighted by Crippen LogP contribution is -2.38. The molecule has 0 spiro atoms. The highest BCUT2D eigenvalue weighted by Crippen LogP contribution is 2.14. The Morgan fingerprint density at radius 3 is 2.59 bits per heavy atom. The molecule has 0 radical (unpaired) electrons. The Morgan fingerprint density at radius 2 is 1.83 bits per heavy atom. The van der Waals surface area contributed by atoms with Gasteiger partial charge in [-0.1, -0.05) is 28.1 Å². The molecule has 0 aliphatic carbocycles. The van der Waals surface area contributed by atoms with Gasteiger partial charge in [0, 0.05) is 17.6 Å². The highest BCUT2D eigenvalue weighted by Gasteiger charge is 2.09. The van der Waals surface area contributed by atoms with Gasteiger partial charge in [0.2, 0.25) is 11.8 Å². The number of nitrogens with one attached hydrogen (secondary N) is 2. The van der Waals surface area contributed by atoms with Gasteiger partial charge in [0.1, 0.15) is 12.4 Å². The average Bonchev–Trinajstić information content (AvgIpc) is 2.68. The van der Waals surface area contributed by atoms with Crippen LogP contribution < -0.4 is 16.2 Å². The number of carbonyl (C=O) groups excluding carboxylic acids is 2. The maximum absolute atomic E-state index is 13.1. The molecule has 0 aliphatic heterocycles. The third-order valence-corrected chi connectivity index (χ3v) is 4.62. The first-order valence-electron chi connectivity index (χ1n) is 8.85. The molecule has 0 bridgehead atoms. The van der Waals surface area contributed by atoms with Crippen LogP contribution in [0, 0.1) is 5.82 Å². The van der Waals surface area contributed by atoms with Crippen LogP contribution in [-0.4, -0.2) is 34.5 Å². The summed E-state index contributed by atoms with van der Waals surface area (Å²) in [7, 11) is 0. The summed E-state index contributed by atoms with van der Waals surface area (Å²) in [6.45, 7) is 0.248. The zero-order valence-electron chi connectivity index (χ0n) is 15.3. The van der Waals surface area contributed by atoms with E-state index in [0.29, 0.717) is 16.5 Å². The van der Waals surface area contributed by atoms with E-state index in [9.17, 15) is 18.8 Å². The van der Waals surface area contributed by atoms with E-state index in [4.69, 9.17) is 0 Å². The quantitative estimate of drug-likeness (QED) is 0.525. The van der Waals surface area contributed by atoms with Crippen LogP contribution >= 0.6 is 15.9 Å². The molecule has 29 heavy (non-hydrogen) atoms. The summed E-state index contributed by atoms with van der Waals surface area (Å²) in [5.41, 5.74) is 0.812. The van der Waals surface area contributed by atoms with E-state index in [-0.39, 0.29) is 43.4 Å². The van der Waals surface area contributed by atoms with Crippen LogP contribution in [0.25, 0.3) is 10.9 Å². The van der Waals surface area contributed by atoms with Gasteiger partial charge in [-0.05, 0) is 35.9 Å². The van der Waals surface area contributed by atoms with Crippen molar-refractivity contribution in [2.45, 2.75) is 13.0 Å². The molecule has 0 saturated heterocycles. The van der Waals surface area contributed by atoms with Gasteiger partial charge in [0.05, 0.1) is 23.7 Å². The summed E-state index contributed by atoms with van der Waals surface area (Å²) in [5.74, 6) is -1.04. The molecule has 0 unspecified atom stereocenters. The molecule has 7 nitrogen and oxygen atoms in total. The highest BCUT2D eigenvalue weighted by molar-refractivity contribution is 9.10. The van der Waals surface area contributed by atoms with Crippen LogP contribution in [0.2, 0.25) is 0 Å². The van der Waals surface area contributed by atoms with Crippen LogP contribution in [0.15, 0.2) is 58.1 Å². The standard InChI is InChI=1S/C20H18BrFN4O3/c21-14-4-5-17-16(10-14)20(29)26(12-25-17)11-19(28)24-7-6-23-18(27)9-13-2-1-3-15(22)8-13/h1-5,8,10,12H,6-7,9,11H2,(H,23,27)(H,24,28). The van der Waals surface area contributed by atoms with Crippen molar-refractivity contribution in [2.75, 3.05) is 13.1 Å². The van der Waals surface area contributed by atoms with E-state index < -0.39 is 5.82 Å². The van der Waals surface area contributed by atoms with Crippen LogP contribution in [0.3, 0.4) is 0 Å². The van der Waals surface area contributed by atoms with Gasteiger partial charge in [-0.25, -0.2) is 9.37 Å². The summed E-state index contributed by atoms with van der Waals surface area (Å²) in [6, 6.07) is 11.0. The zero-order chi connectivity index (χ0) is 20.8. The topological polar surface area (TPSA) is 93.1 Å². The number of aromatic nitrogens is 2. The molecular weight excluding hydrogens is 443 g/mol. The lowest BCUT2D eigenvalue weighted by molar-refractivity contribution is -0.123. The molecule has 0 aliphatic rings. The van der Waals surface area contributed by atoms with E-state index >= 15 is 0 Å². The van der Waals surface area contributed by atoms with Crippen molar-refractivity contribution in [2.24, 2.45) is 0 Å². The van der Waals surface area contributed by atoms with Crippen LogP contribution in [0.1, 0.15) is 5.56 Å². The predicted octanol–water partition coefficient (Wildman–Crippen LogP) is 1.77. The van der Waals surface area contributed by atoms with Gasteiger partial charge in [-0.2, -0.15) is 0 Å². The van der Waals surface area contributed by atoms with Crippen molar-refractivity contribution in [1.29, 1.82) is 0 Å². The third kappa shape index (κ3) is 5.71. The second-order valence-corrected chi connectivity index (χ2v) is 7.26. The Labute approximate surface area is 174 Å². The Hall–Kier alpha value is -3.07. The van der Waals surface area contributed by atoms with Crippen LogP contribution in [0.5, 0.6) is 0 Å². The minimum absolute atomic E-state index is 0.0550. The number of nitrogens with zero attached hydrogens (tertiary/aromatic N) is 2. The monoisotopic (exact) mass is 460 g/mol. The Morgan fingerprint density at radius 1 is 1.07 bits per heavy atom. The lowest BCUT2D eigenvalue weighted by Gasteiger charge is -2.09. The van der Waals surface area contributed by atoms with Crippen molar-refractivity contribution in [1.82, 2.24) is 20.2 Å². The van der Waals surface area contributed by atoms with E-state index in [1.54, 1.807) is 30.3 Å². The fraction of sp³-hybridized carbons (Fsp3) is 0.200. The number of carbonyl (C=O) groups is 2. The van der Waals surface area contributed by atoms with Gasteiger partial charge in [-0.15, -0.1) is 0 Å². The molecule has 9 heteroatoms. The minimum atomic E-state index is -0.395. The Bertz CT molecular complexity index is 1120. The molecule has 0 saturated carbocycles. The van der Waals surface area contributed by atoms with Crippen molar-refractivity contribution in [3.63, 3.8) is 0 Å². The van der Waals surface area contributed by atoms with E-state index in [1.165, 1.54) is 23.0 Å². The SMILES string of the molecule is O=C(Cc1cccc(F)c1)NCCNC(=O)Cn1cnc2ccc(Br)cc2c1=O. The molecular formula is C20H18BrFN4O3. The van der Waals surface area contributed by atoms with Crippen LogP contribution in [0.4, 0.5) is 4.39 Å². The van der Waals surface area contributed by atoms with Crippen LogP contribution in [-0.2, 0) is 22.6 Å². The number of halogens is 2. The fourth-order valence-corrected chi connectivity index (χ4v) is 3.11. The fourth-order valence-electron chi connectivity index (χ4n) is 2.75. The van der Waals surface area contributed by atoms with Crippen molar-refractivity contribution >= 4 is 38.6 Å². The molecule has 1 aromatic heterocycles. The summed E-state index contributed by atoms with van der Waals surface area (Å²) >= 11 is 3.31. The molecule has 0 fully saturated rings. The molecule has 3 aromatic rings. The van der Waals surface area contributed by atoms with Gasteiger partial charge in [0.15, 0.2) is 0 Å². The van der Waals surface area contributed by atoms with Gasteiger partial charge >= 0.3 is 0 Å². The number of hydrogen-bond donors (Lipinski definition) is 2. The van der Waals surface area contributed by atoms with E-state index in [2.05, 4.69) is 31.5 Å². The first kappa shape index (κ1) is 20.7. The van der Waals surface area contributed by atoms with Gasteiger partial charge < -0.3 is 10.6 Å². The maximum Gasteiger partial charge on any atom is 0.261 e. The number of rotatable bonds is 7. The molecule has 1 heterocycles. The molecule has 0 atom stereocenters. The Kier molecular flexibility index (Phi) is 6.71. The van der Waals surface area contributed by atoms with Crippen molar-refractivity contribution < 1.29 is 14.0 Å². The number of fused-ring (bicyclic) bond motifs is 1. The minimum Gasteiger partial charge on any atom is -0.354 e.